The van der Waals surface area contributed by atoms with Crippen molar-refractivity contribution in [3.05, 3.63) is 36.0 Å². The number of aliphatic carboxylic acids is 1. The second kappa shape index (κ2) is 10.7. The van der Waals surface area contributed by atoms with E-state index in [1.807, 2.05) is 4.90 Å². The van der Waals surface area contributed by atoms with Gasteiger partial charge in [0.1, 0.15) is 5.69 Å². The van der Waals surface area contributed by atoms with E-state index in [1.54, 1.807) is 7.11 Å². The fourth-order valence-electron chi connectivity index (χ4n) is 4.34. The van der Waals surface area contributed by atoms with Crippen LogP contribution in [0.2, 0.25) is 0 Å². The maximum atomic E-state index is 13.4. The normalized spacial score (nSPS) is 15.0. The van der Waals surface area contributed by atoms with E-state index >= 15 is 0 Å². The summed E-state index contributed by atoms with van der Waals surface area (Å²) in [4.78, 5) is 26.6. The number of methoxy groups -OCH3 is 1. The van der Waals surface area contributed by atoms with Gasteiger partial charge in [-0.3, -0.25) is 4.79 Å². The number of aromatic nitrogens is 2. The van der Waals surface area contributed by atoms with Gasteiger partial charge in [0, 0.05) is 51.3 Å². The summed E-state index contributed by atoms with van der Waals surface area (Å²) in [6.07, 6.45) is -5.08. The molecule has 1 aliphatic rings. The molecule has 1 fully saturated rings. The highest BCUT2D eigenvalue weighted by Gasteiger charge is 2.38. The molecule has 1 amide bonds. The maximum Gasteiger partial charge on any atom is 0.490 e. The Kier molecular flexibility index (Phi) is 8.11. The lowest BCUT2D eigenvalue weighted by Crippen LogP contribution is -2.47. The summed E-state index contributed by atoms with van der Waals surface area (Å²) < 4.78 is 41.6. The Bertz CT molecular complexity index is 1190. The number of amides is 1. The number of carbonyl (C=O) groups is 2. The molecule has 0 atom stereocenters. The van der Waals surface area contributed by atoms with Crippen LogP contribution in [-0.4, -0.2) is 89.0 Å². The minimum Gasteiger partial charge on any atom is -0.475 e. The number of benzene rings is 1. The van der Waals surface area contributed by atoms with E-state index in [0.717, 1.165) is 42.9 Å². The van der Waals surface area contributed by atoms with Crippen LogP contribution in [0.25, 0.3) is 21.9 Å². The number of carbonyl (C=O) groups excluding carboxylic acids is 1. The van der Waals surface area contributed by atoms with Gasteiger partial charge in [-0.2, -0.15) is 13.2 Å². The number of alkyl halides is 3. The Balaban J connectivity index is 0.000000429. The van der Waals surface area contributed by atoms with Crippen LogP contribution in [0.4, 0.5) is 13.2 Å². The number of rotatable bonds is 5. The predicted molar refractivity (Wildman–Crippen MR) is 127 cm³/mol. The lowest BCUT2D eigenvalue weighted by Gasteiger charge is -2.32. The van der Waals surface area contributed by atoms with Gasteiger partial charge in [0.25, 0.3) is 5.91 Å². The van der Waals surface area contributed by atoms with Crippen molar-refractivity contribution in [3.8, 4) is 0 Å². The van der Waals surface area contributed by atoms with Gasteiger partial charge in [-0.05, 0) is 33.0 Å². The van der Waals surface area contributed by atoms with Crippen molar-refractivity contribution in [2.45, 2.75) is 32.6 Å². The Morgan fingerprint density at radius 3 is 2.23 bits per heavy atom. The molecule has 11 heteroatoms. The quantitative estimate of drug-likeness (QED) is 0.581. The van der Waals surface area contributed by atoms with E-state index in [-0.39, 0.29) is 5.91 Å². The minimum absolute atomic E-state index is 0.125. The third-order valence-electron chi connectivity index (χ3n) is 6.04. The van der Waals surface area contributed by atoms with Crippen molar-refractivity contribution < 1.29 is 32.6 Å². The summed E-state index contributed by atoms with van der Waals surface area (Å²) in [7, 11) is 3.81. The molecule has 1 saturated heterocycles. The topological polar surface area (TPSA) is 79.9 Å². The zero-order valence-electron chi connectivity index (χ0n) is 20.3. The molecule has 35 heavy (non-hydrogen) atoms. The lowest BCUT2D eigenvalue weighted by molar-refractivity contribution is -0.192. The molecule has 4 rings (SSSR count). The van der Waals surface area contributed by atoms with E-state index in [0.29, 0.717) is 19.2 Å². The minimum atomic E-state index is -5.08. The van der Waals surface area contributed by atoms with Gasteiger partial charge < -0.3 is 28.8 Å². The molecule has 8 nitrogen and oxygen atoms in total. The number of carboxylic acids is 1. The summed E-state index contributed by atoms with van der Waals surface area (Å²) in [5.74, 6) is -2.63. The molecular formula is C24H31F3N4O4. The number of hydrogen-bond donors (Lipinski definition) is 1. The first kappa shape index (κ1) is 26.6. The first-order valence-corrected chi connectivity index (χ1v) is 11.4. The van der Waals surface area contributed by atoms with E-state index in [4.69, 9.17) is 14.6 Å². The number of likely N-dealkylation sites (N-methyl/N-ethyl adjacent to an activating group) is 1. The van der Waals surface area contributed by atoms with Gasteiger partial charge in [-0.1, -0.05) is 18.2 Å². The molecule has 3 heterocycles. The number of halogens is 3. The molecule has 2 aromatic heterocycles. The molecular weight excluding hydrogens is 465 g/mol. The highest BCUT2D eigenvalue weighted by Crippen LogP contribution is 2.34. The van der Waals surface area contributed by atoms with Gasteiger partial charge in [0.05, 0.1) is 23.2 Å². The van der Waals surface area contributed by atoms with Gasteiger partial charge in [-0.15, -0.1) is 0 Å². The Hall–Kier alpha value is -3.05. The van der Waals surface area contributed by atoms with Gasteiger partial charge in [0.15, 0.2) is 0 Å². The summed E-state index contributed by atoms with van der Waals surface area (Å²) in [6, 6.07) is 10.9. The molecule has 1 N–H and O–H groups in total. The van der Waals surface area contributed by atoms with E-state index < -0.39 is 12.1 Å². The molecule has 1 aliphatic heterocycles. The molecule has 1 aromatic carbocycles. The summed E-state index contributed by atoms with van der Waals surface area (Å²) in [5.41, 5.74) is 4.25. The number of ether oxygens (including phenoxy) is 1. The van der Waals surface area contributed by atoms with Crippen molar-refractivity contribution in [3.63, 3.8) is 0 Å². The van der Waals surface area contributed by atoms with Crippen LogP contribution in [0, 0.1) is 0 Å². The fraction of sp³-hybridized carbons (Fsp3) is 0.500. The van der Waals surface area contributed by atoms with Gasteiger partial charge >= 0.3 is 12.1 Å². The Labute approximate surface area is 201 Å². The largest absolute Gasteiger partial charge is 0.490 e. The number of hydrogen-bond acceptors (Lipinski definition) is 4. The lowest BCUT2D eigenvalue weighted by atomic mass is 10.2. The molecule has 0 radical (unpaired) electrons. The molecule has 0 aliphatic carbocycles. The van der Waals surface area contributed by atoms with Gasteiger partial charge in [0.2, 0.25) is 0 Å². The van der Waals surface area contributed by atoms with Crippen molar-refractivity contribution >= 4 is 33.8 Å². The second-order valence-corrected chi connectivity index (χ2v) is 8.79. The highest BCUT2D eigenvalue weighted by atomic mass is 19.4. The third kappa shape index (κ3) is 5.62. The molecule has 0 unspecified atom stereocenters. The SMILES string of the molecule is COCCn1c(C(=O)N2CCN(C)CC2)cc2c1c1ccccc1n2C(C)C.O=C(O)C(F)(F)F. The molecule has 0 spiro atoms. The first-order chi connectivity index (χ1) is 16.5. The summed E-state index contributed by atoms with van der Waals surface area (Å²) >= 11 is 0. The van der Waals surface area contributed by atoms with Crippen molar-refractivity contribution in [1.82, 2.24) is 18.9 Å². The van der Waals surface area contributed by atoms with Crippen LogP contribution in [0.3, 0.4) is 0 Å². The molecule has 0 bridgehead atoms. The third-order valence-corrected chi connectivity index (χ3v) is 6.04. The van der Waals surface area contributed by atoms with Crippen LogP contribution in [0.15, 0.2) is 30.3 Å². The average molecular weight is 497 g/mol. The van der Waals surface area contributed by atoms with Crippen molar-refractivity contribution in [2.75, 3.05) is 46.9 Å². The number of piperazine rings is 1. The standard InChI is InChI=1S/C22H30N4O2.C2HF3O2/c1-16(2)26-18-8-6-5-7-17(18)21-19(26)15-20(25(21)13-14-28-4)22(27)24-11-9-23(3)10-12-24;3-2(4,5)1(6)7/h5-8,15-16H,9-14H2,1-4H3;(H,6,7). The van der Waals surface area contributed by atoms with Gasteiger partial charge in [-0.25, -0.2) is 4.79 Å². The Morgan fingerprint density at radius 1 is 1.09 bits per heavy atom. The number of nitrogens with zero attached hydrogens (tertiary/aromatic N) is 4. The predicted octanol–water partition coefficient (Wildman–Crippen LogP) is 3.84. The molecule has 192 valence electrons. The Morgan fingerprint density at radius 2 is 1.69 bits per heavy atom. The van der Waals surface area contributed by atoms with Crippen LogP contribution in [0.1, 0.15) is 30.4 Å². The average Bonchev–Trinajstić information content (AvgIpc) is 3.32. The maximum absolute atomic E-state index is 13.4. The molecule has 3 aromatic rings. The van der Waals surface area contributed by atoms with E-state index in [2.05, 4.69) is 65.3 Å². The monoisotopic (exact) mass is 496 g/mol. The fourth-order valence-corrected chi connectivity index (χ4v) is 4.34. The summed E-state index contributed by atoms with van der Waals surface area (Å²) in [5, 5.41) is 8.32. The summed E-state index contributed by atoms with van der Waals surface area (Å²) in [6.45, 7) is 9.03. The van der Waals surface area contributed by atoms with Crippen LogP contribution >= 0.6 is 0 Å². The van der Waals surface area contributed by atoms with Crippen LogP contribution < -0.4 is 0 Å². The zero-order valence-corrected chi connectivity index (χ0v) is 20.3. The smallest absolute Gasteiger partial charge is 0.475 e. The number of fused-ring (bicyclic) bond motifs is 3. The van der Waals surface area contributed by atoms with Crippen LogP contribution in [0.5, 0.6) is 0 Å². The van der Waals surface area contributed by atoms with E-state index in [1.165, 1.54) is 10.9 Å². The second-order valence-electron chi connectivity index (χ2n) is 8.79. The first-order valence-electron chi connectivity index (χ1n) is 11.4. The number of para-hydroxylation sites is 1. The van der Waals surface area contributed by atoms with Crippen molar-refractivity contribution in [1.29, 1.82) is 0 Å². The van der Waals surface area contributed by atoms with Crippen molar-refractivity contribution in [2.24, 2.45) is 0 Å². The zero-order chi connectivity index (χ0) is 25.9. The van der Waals surface area contributed by atoms with E-state index in [9.17, 15) is 18.0 Å². The van der Waals surface area contributed by atoms with Crippen LogP contribution in [-0.2, 0) is 16.1 Å². The molecule has 0 saturated carbocycles. The highest BCUT2D eigenvalue weighted by molar-refractivity contribution is 6.10. The number of carboxylic acid groups (broad SMARTS) is 1.